The number of rotatable bonds is 2. The summed E-state index contributed by atoms with van der Waals surface area (Å²) >= 11 is 0. The average Bonchev–Trinajstić information content (AvgIpc) is 2.78. The second kappa shape index (κ2) is 4.83. The highest BCUT2D eigenvalue weighted by molar-refractivity contribution is 6.07. The maximum absolute atomic E-state index is 11.5. The SMILES string of the molecule is Cc1cc2c(N3CCNC(C)C3)ccc(C(N)=O)c2o1. The zero-order valence-corrected chi connectivity index (χ0v) is 11.8. The molecule has 1 aliphatic rings. The van der Waals surface area contributed by atoms with Crippen molar-refractivity contribution in [3.05, 3.63) is 29.5 Å². The lowest BCUT2D eigenvalue weighted by Crippen LogP contribution is -2.49. The van der Waals surface area contributed by atoms with E-state index in [-0.39, 0.29) is 0 Å². The van der Waals surface area contributed by atoms with Gasteiger partial charge in [-0.3, -0.25) is 4.79 Å². The van der Waals surface area contributed by atoms with Gasteiger partial charge in [0.25, 0.3) is 5.91 Å². The fraction of sp³-hybridized carbons (Fsp3) is 0.400. The van der Waals surface area contributed by atoms with Gasteiger partial charge in [0.1, 0.15) is 11.3 Å². The predicted octanol–water partition coefficient (Wildman–Crippen LogP) is 1.64. The number of anilines is 1. The molecule has 2 heterocycles. The number of furan rings is 1. The number of hydrogen-bond donors (Lipinski definition) is 2. The van der Waals surface area contributed by atoms with Crippen molar-refractivity contribution in [3.63, 3.8) is 0 Å². The molecule has 1 fully saturated rings. The number of piperazine rings is 1. The smallest absolute Gasteiger partial charge is 0.252 e. The minimum atomic E-state index is -0.454. The van der Waals surface area contributed by atoms with E-state index in [0.29, 0.717) is 17.2 Å². The number of carbonyl (C=O) groups excluding carboxylic acids is 1. The van der Waals surface area contributed by atoms with Gasteiger partial charge in [-0.1, -0.05) is 0 Å². The normalized spacial score (nSPS) is 19.5. The van der Waals surface area contributed by atoms with E-state index in [4.69, 9.17) is 10.2 Å². The summed E-state index contributed by atoms with van der Waals surface area (Å²) in [5.74, 6) is 0.336. The molecule has 20 heavy (non-hydrogen) atoms. The zero-order valence-electron chi connectivity index (χ0n) is 11.8. The van der Waals surface area contributed by atoms with E-state index in [1.807, 2.05) is 19.1 Å². The molecule has 0 saturated carbocycles. The second-order valence-electron chi connectivity index (χ2n) is 5.40. The van der Waals surface area contributed by atoms with Gasteiger partial charge in [-0.25, -0.2) is 0 Å². The Morgan fingerprint density at radius 2 is 2.30 bits per heavy atom. The van der Waals surface area contributed by atoms with Gasteiger partial charge >= 0.3 is 0 Å². The summed E-state index contributed by atoms with van der Waals surface area (Å²) < 4.78 is 5.68. The summed E-state index contributed by atoms with van der Waals surface area (Å²) in [6, 6.07) is 6.15. The van der Waals surface area contributed by atoms with Crippen LogP contribution in [0.5, 0.6) is 0 Å². The van der Waals surface area contributed by atoms with Gasteiger partial charge in [-0.2, -0.15) is 0 Å². The van der Waals surface area contributed by atoms with Gasteiger partial charge in [0.2, 0.25) is 0 Å². The van der Waals surface area contributed by atoms with Gasteiger partial charge < -0.3 is 20.4 Å². The maximum atomic E-state index is 11.5. The first-order valence-corrected chi connectivity index (χ1v) is 6.87. The quantitative estimate of drug-likeness (QED) is 0.872. The third kappa shape index (κ3) is 2.14. The van der Waals surface area contributed by atoms with Crippen LogP contribution in [0.3, 0.4) is 0 Å². The molecule has 3 N–H and O–H groups in total. The molecule has 106 valence electrons. The van der Waals surface area contributed by atoms with Gasteiger partial charge in [0, 0.05) is 36.7 Å². The Bertz CT molecular complexity index is 662. The number of amides is 1. The Morgan fingerprint density at radius 3 is 3.00 bits per heavy atom. The Balaban J connectivity index is 2.12. The summed E-state index contributed by atoms with van der Waals surface area (Å²) in [7, 11) is 0. The van der Waals surface area contributed by atoms with E-state index in [0.717, 1.165) is 36.5 Å². The Labute approximate surface area is 117 Å². The van der Waals surface area contributed by atoms with Crippen molar-refractivity contribution in [3.8, 4) is 0 Å². The largest absolute Gasteiger partial charge is 0.460 e. The second-order valence-corrected chi connectivity index (χ2v) is 5.40. The number of fused-ring (bicyclic) bond motifs is 1. The number of primary amides is 1. The van der Waals surface area contributed by atoms with Gasteiger partial charge in [-0.05, 0) is 32.0 Å². The summed E-state index contributed by atoms with van der Waals surface area (Å²) in [6.45, 7) is 6.89. The molecule has 1 saturated heterocycles. The number of nitrogens with one attached hydrogen (secondary N) is 1. The number of aryl methyl sites for hydroxylation is 1. The molecule has 0 radical (unpaired) electrons. The fourth-order valence-corrected chi connectivity index (χ4v) is 2.85. The molecule has 0 bridgehead atoms. The van der Waals surface area contributed by atoms with Crippen molar-refractivity contribution in [2.45, 2.75) is 19.9 Å². The monoisotopic (exact) mass is 273 g/mol. The first kappa shape index (κ1) is 13.0. The van der Waals surface area contributed by atoms with Crippen LogP contribution in [0, 0.1) is 6.92 Å². The highest BCUT2D eigenvalue weighted by Crippen LogP contribution is 2.32. The first-order chi connectivity index (χ1) is 9.56. The Hall–Kier alpha value is -2.01. The van der Waals surface area contributed by atoms with Gasteiger partial charge in [-0.15, -0.1) is 0 Å². The van der Waals surface area contributed by atoms with Crippen molar-refractivity contribution in [2.24, 2.45) is 5.73 Å². The third-order valence-electron chi connectivity index (χ3n) is 3.76. The predicted molar refractivity (Wildman–Crippen MR) is 79.1 cm³/mol. The summed E-state index contributed by atoms with van der Waals surface area (Å²) in [4.78, 5) is 13.8. The molecule has 0 aliphatic carbocycles. The molecular weight excluding hydrogens is 254 g/mol. The molecule has 1 aromatic carbocycles. The average molecular weight is 273 g/mol. The van der Waals surface area contributed by atoms with E-state index in [9.17, 15) is 4.79 Å². The van der Waals surface area contributed by atoms with Crippen LogP contribution in [0.15, 0.2) is 22.6 Å². The molecule has 3 rings (SSSR count). The number of nitrogens with zero attached hydrogens (tertiary/aromatic N) is 1. The third-order valence-corrected chi connectivity index (χ3v) is 3.76. The van der Waals surface area contributed by atoms with E-state index in [1.165, 1.54) is 0 Å². The maximum Gasteiger partial charge on any atom is 0.252 e. The molecule has 1 aliphatic heterocycles. The molecule has 5 nitrogen and oxygen atoms in total. The van der Waals surface area contributed by atoms with Crippen LogP contribution in [-0.4, -0.2) is 31.6 Å². The van der Waals surface area contributed by atoms with Crippen molar-refractivity contribution < 1.29 is 9.21 Å². The summed E-state index contributed by atoms with van der Waals surface area (Å²) in [6.07, 6.45) is 0. The van der Waals surface area contributed by atoms with Crippen LogP contribution in [0.4, 0.5) is 5.69 Å². The van der Waals surface area contributed by atoms with Crippen molar-refractivity contribution in [1.29, 1.82) is 0 Å². The van der Waals surface area contributed by atoms with E-state index in [2.05, 4.69) is 17.1 Å². The molecule has 1 unspecified atom stereocenters. The Morgan fingerprint density at radius 1 is 1.50 bits per heavy atom. The van der Waals surface area contributed by atoms with Crippen molar-refractivity contribution >= 4 is 22.6 Å². The minimum Gasteiger partial charge on any atom is -0.460 e. The van der Waals surface area contributed by atoms with E-state index < -0.39 is 5.91 Å². The van der Waals surface area contributed by atoms with Crippen LogP contribution in [0.1, 0.15) is 23.0 Å². The number of benzene rings is 1. The molecule has 0 spiro atoms. The van der Waals surface area contributed by atoms with Crippen molar-refractivity contribution in [2.75, 3.05) is 24.5 Å². The lowest BCUT2D eigenvalue weighted by atomic mass is 10.1. The van der Waals surface area contributed by atoms with Crippen LogP contribution in [-0.2, 0) is 0 Å². The molecular formula is C15H19N3O2. The summed E-state index contributed by atoms with van der Waals surface area (Å²) in [5.41, 5.74) is 7.56. The number of nitrogens with two attached hydrogens (primary N) is 1. The van der Waals surface area contributed by atoms with Crippen LogP contribution < -0.4 is 16.0 Å². The van der Waals surface area contributed by atoms with E-state index in [1.54, 1.807) is 6.07 Å². The van der Waals surface area contributed by atoms with Gasteiger partial charge in [0.05, 0.1) is 5.56 Å². The zero-order chi connectivity index (χ0) is 14.3. The number of hydrogen-bond acceptors (Lipinski definition) is 4. The number of carbonyl (C=O) groups is 1. The lowest BCUT2D eigenvalue weighted by Gasteiger charge is -2.34. The first-order valence-electron chi connectivity index (χ1n) is 6.87. The lowest BCUT2D eigenvalue weighted by molar-refractivity contribution is 0.100. The highest BCUT2D eigenvalue weighted by Gasteiger charge is 2.21. The minimum absolute atomic E-state index is 0.444. The molecule has 5 heteroatoms. The topological polar surface area (TPSA) is 71.5 Å². The fourth-order valence-electron chi connectivity index (χ4n) is 2.85. The molecule has 1 amide bonds. The van der Waals surface area contributed by atoms with E-state index >= 15 is 0 Å². The highest BCUT2D eigenvalue weighted by atomic mass is 16.3. The van der Waals surface area contributed by atoms with Crippen LogP contribution >= 0.6 is 0 Å². The van der Waals surface area contributed by atoms with Crippen LogP contribution in [0.2, 0.25) is 0 Å². The summed E-state index contributed by atoms with van der Waals surface area (Å²) in [5, 5.41) is 4.39. The Kier molecular flexibility index (Phi) is 3.14. The standard InChI is InChI=1S/C15H19N3O2/c1-9-8-18(6-5-17-9)13-4-3-11(15(16)19)14-12(13)7-10(2)20-14/h3-4,7,9,17H,5-6,8H2,1-2H3,(H2,16,19). The van der Waals surface area contributed by atoms with Gasteiger partial charge in [0.15, 0.2) is 0 Å². The molecule has 2 aromatic rings. The molecule has 1 atom stereocenters. The van der Waals surface area contributed by atoms with Crippen LogP contribution in [0.25, 0.3) is 11.0 Å². The molecule has 1 aromatic heterocycles. The van der Waals surface area contributed by atoms with Crippen molar-refractivity contribution in [1.82, 2.24) is 5.32 Å².